The second-order valence-corrected chi connectivity index (χ2v) is 5.46. The number of fused-ring (bicyclic) bond motifs is 1. The van der Waals surface area contributed by atoms with Gasteiger partial charge in [-0.15, -0.1) is 0 Å². The summed E-state index contributed by atoms with van der Waals surface area (Å²) in [5, 5.41) is 12.8. The van der Waals surface area contributed by atoms with Gasteiger partial charge in [0.15, 0.2) is 11.5 Å². The van der Waals surface area contributed by atoms with Gasteiger partial charge < -0.3 is 15.2 Å². The first kappa shape index (κ1) is 13.7. The Morgan fingerprint density at radius 3 is 2.76 bits per heavy atom. The molecule has 0 atom stereocenters. The van der Waals surface area contributed by atoms with Crippen molar-refractivity contribution in [2.24, 2.45) is 0 Å². The van der Waals surface area contributed by atoms with Crippen molar-refractivity contribution in [3.05, 3.63) is 57.7 Å². The molecule has 2 aromatic carbocycles. The number of halogens is 1. The number of carbonyl (C=O) groups is 1. The number of rotatable bonds is 2. The van der Waals surface area contributed by atoms with E-state index >= 15 is 0 Å². The second kappa shape index (κ2) is 5.26. The summed E-state index contributed by atoms with van der Waals surface area (Å²) in [6.45, 7) is 0. The van der Waals surface area contributed by atoms with E-state index in [1.54, 1.807) is 18.2 Å². The Hall–Kier alpha value is -2.27. The SMILES string of the molecule is COc1cc(/C=C2\Nc3ccccc3C2=O)c(Br)cc1O. The summed E-state index contributed by atoms with van der Waals surface area (Å²) >= 11 is 3.37. The number of aromatic hydroxyl groups is 1. The molecule has 1 heterocycles. The predicted octanol–water partition coefficient (Wildman–Crippen LogP) is 3.81. The van der Waals surface area contributed by atoms with Crippen molar-refractivity contribution < 1.29 is 14.6 Å². The van der Waals surface area contributed by atoms with E-state index in [-0.39, 0.29) is 11.5 Å². The summed E-state index contributed by atoms with van der Waals surface area (Å²) in [6.07, 6.45) is 1.73. The molecule has 2 N–H and O–H groups in total. The zero-order valence-corrected chi connectivity index (χ0v) is 12.8. The number of carbonyl (C=O) groups excluding carboxylic acids is 1. The van der Waals surface area contributed by atoms with Crippen LogP contribution in [-0.2, 0) is 0 Å². The molecule has 0 unspecified atom stereocenters. The molecule has 1 aliphatic heterocycles. The van der Waals surface area contributed by atoms with Gasteiger partial charge in [-0.3, -0.25) is 4.79 Å². The minimum atomic E-state index is -0.0514. The Morgan fingerprint density at radius 2 is 2.05 bits per heavy atom. The van der Waals surface area contributed by atoms with E-state index in [0.717, 1.165) is 11.3 Å². The molecule has 0 saturated carbocycles. The third kappa shape index (κ3) is 2.40. The number of hydrogen-bond acceptors (Lipinski definition) is 4. The molecule has 0 amide bonds. The van der Waals surface area contributed by atoms with Crippen LogP contribution in [0.25, 0.3) is 6.08 Å². The number of ether oxygens (including phenoxy) is 1. The number of anilines is 1. The normalized spacial score (nSPS) is 15.0. The van der Waals surface area contributed by atoms with Crippen molar-refractivity contribution in [3.8, 4) is 11.5 Å². The van der Waals surface area contributed by atoms with E-state index in [1.807, 2.05) is 18.2 Å². The number of benzene rings is 2. The van der Waals surface area contributed by atoms with E-state index in [9.17, 15) is 9.90 Å². The van der Waals surface area contributed by atoms with Gasteiger partial charge in [0.2, 0.25) is 5.78 Å². The summed E-state index contributed by atoms with van der Waals surface area (Å²) in [4.78, 5) is 12.3. The molecule has 0 saturated heterocycles. The molecule has 5 heteroatoms. The van der Waals surface area contributed by atoms with Crippen molar-refractivity contribution >= 4 is 33.5 Å². The molecule has 21 heavy (non-hydrogen) atoms. The molecule has 3 rings (SSSR count). The van der Waals surface area contributed by atoms with Crippen molar-refractivity contribution in [1.82, 2.24) is 0 Å². The lowest BCUT2D eigenvalue weighted by Gasteiger charge is -2.07. The van der Waals surface area contributed by atoms with Gasteiger partial charge in [-0.2, -0.15) is 0 Å². The fraction of sp³-hybridized carbons (Fsp3) is 0.0625. The fourth-order valence-electron chi connectivity index (χ4n) is 2.23. The van der Waals surface area contributed by atoms with E-state index < -0.39 is 0 Å². The zero-order valence-electron chi connectivity index (χ0n) is 11.2. The molecule has 2 aromatic rings. The Morgan fingerprint density at radius 1 is 1.29 bits per heavy atom. The van der Waals surface area contributed by atoms with Gasteiger partial charge in [0.25, 0.3) is 0 Å². The van der Waals surface area contributed by atoms with Crippen LogP contribution in [-0.4, -0.2) is 18.0 Å². The van der Waals surface area contributed by atoms with Crippen LogP contribution in [0.5, 0.6) is 11.5 Å². The van der Waals surface area contributed by atoms with Gasteiger partial charge in [0.1, 0.15) is 0 Å². The average Bonchev–Trinajstić information content (AvgIpc) is 2.79. The van der Waals surface area contributed by atoms with Crippen molar-refractivity contribution in [1.29, 1.82) is 0 Å². The molecular weight excluding hydrogens is 334 g/mol. The van der Waals surface area contributed by atoms with Gasteiger partial charge in [-0.25, -0.2) is 0 Å². The molecule has 1 aliphatic rings. The lowest BCUT2D eigenvalue weighted by atomic mass is 10.1. The first-order chi connectivity index (χ1) is 10.1. The molecule has 106 valence electrons. The zero-order chi connectivity index (χ0) is 15.0. The molecule has 0 radical (unpaired) electrons. The first-order valence-corrected chi connectivity index (χ1v) is 7.08. The number of Topliss-reactive ketones (excluding diaryl/α,β-unsaturated/α-hetero) is 1. The van der Waals surface area contributed by atoms with Gasteiger partial charge in [-0.05, 0) is 35.9 Å². The predicted molar refractivity (Wildman–Crippen MR) is 84.7 cm³/mol. The number of methoxy groups -OCH3 is 1. The number of ketones is 1. The average molecular weight is 346 g/mol. The summed E-state index contributed by atoms with van der Waals surface area (Å²) in [5.41, 5.74) is 2.69. The summed E-state index contributed by atoms with van der Waals surface area (Å²) in [5.74, 6) is 0.345. The highest BCUT2D eigenvalue weighted by Crippen LogP contribution is 2.35. The van der Waals surface area contributed by atoms with E-state index in [4.69, 9.17) is 4.74 Å². The topological polar surface area (TPSA) is 58.6 Å². The van der Waals surface area contributed by atoms with Gasteiger partial charge in [-0.1, -0.05) is 28.1 Å². The van der Waals surface area contributed by atoms with Crippen LogP contribution in [0, 0.1) is 0 Å². The van der Waals surface area contributed by atoms with Crippen molar-refractivity contribution in [2.45, 2.75) is 0 Å². The maximum atomic E-state index is 12.3. The molecule has 0 bridgehead atoms. The standard InChI is InChI=1S/C16H12BrNO3/c1-21-15-7-9(11(17)8-14(15)19)6-13-16(20)10-4-2-3-5-12(10)18-13/h2-8,18-19H,1H3/b13-6-. The number of phenolic OH excluding ortho intramolecular Hbond substituents is 1. The van der Waals surface area contributed by atoms with E-state index in [2.05, 4.69) is 21.2 Å². The highest BCUT2D eigenvalue weighted by Gasteiger charge is 2.24. The Balaban J connectivity index is 2.03. The van der Waals surface area contributed by atoms with Crippen LogP contribution in [0.15, 0.2) is 46.6 Å². The maximum Gasteiger partial charge on any atom is 0.211 e. The lowest BCUT2D eigenvalue weighted by molar-refractivity contribution is 0.104. The van der Waals surface area contributed by atoms with Gasteiger partial charge in [0, 0.05) is 15.7 Å². The lowest BCUT2D eigenvalue weighted by Crippen LogP contribution is -2.00. The van der Waals surface area contributed by atoms with Crippen LogP contribution in [0.2, 0.25) is 0 Å². The van der Waals surface area contributed by atoms with Crippen LogP contribution < -0.4 is 10.1 Å². The highest BCUT2D eigenvalue weighted by molar-refractivity contribution is 9.10. The van der Waals surface area contributed by atoms with Gasteiger partial charge in [0.05, 0.1) is 12.8 Å². The first-order valence-electron chi connectivity index (χ1n) is 6.29. The molecule has 0 aromatic heterocycles. The minimum Gasteiger partial charge on any atom is -0.504 e. The highest BCUT2D eigenvalue weighted by atomic mass is 79.9. The summed E-state index contributed by atoms with van der Waals surface area (Å²) < 4.78 is 5.77. The monoisotopic (exact) mass is 345 g/mol. The fourth-order valence-corrected chi connectivity index (χ4v) is 2.67. The molecule has 0 aliphatic carbocycles. The summed E-state index contributed by atoms with van der Waals surface area (Å²) in [7, 11) is 1.48. The van der Waals surface area contributed by atoms with E-state index in [1.165, 1.54) is 13.2 Å². The number of phenols is 1. The third-order valence-corrected chi connectivity index (χ3v) is 3.97. The van der Waals surface area contributed by atoms with Crippen LogP contribution in [0.3, 0.4) is 0 Å². The van der Waals surface area contributed by atoms with Crippen molar-refractivity contribution in [3.63, 3.8) is 0 Å². The molecule has 0 fully saturated rings. The Labute approximate surface area is 130 Å². The maximum absolute atomic E-state index is 12.3. The van der Waals surface area contributed by atoms with Crippen LogP contribution in [0.4, 0.5) is 5.69 Å². The van der Waals surface area contributed by atoms with E-state index in [0.29, 0.717) is 21.5 Å². The molecule has 4 nitrogen and oxygen atoms in total. The minimum absolute atomic E-state index is 0.0421. The Bertz CT molecular complexity index is 768. The number of para-hydroxylation sites is 1. The number of nitrogens with one attached hydrogen (secondary N) is 1. The largest absolute Gasteiger partial charge is 0.504 e. The van der Waals surface area contributed by atoms with Crippen molar-refractivity contribution in [2.75, 3.05) is 12.4 Å². The number of hydrogen-bond donors (Lipinski definition) is 2. The quantitative estimate of drug-likeness (QED) is 0.812. The number of allylic oxidation sites excluding steroid dienone is 1. The van der Waals surface area contributed by atoms with Crippen LogP contribution in [0.1, 0.15) is 15.9 Å². The molecular formula is C16H12BrNO3. The van der Waals surface area contributed by atoms with Crippen LogP contribution >= 0.6 is 15.9 Å². The second-order valence-electron chi connectivity index (χ2n) is 4.60. The summed E-state index contributed by atoms with van der Waals surface area (Å²) in [6, 6.07) is 10.6. The smallest absolute Gasteiger partial charge is 0.211 e. The molecule has 0 spiro atoms. The van der Waals surface area contributed by atoms with Gasteiger partial charge >= 0.3 is 0 Å². The third-order valence-electron chi connectivity index (χ3n) is 3.28. The Kier molecular flexibility index (Phi) is 3.43.